The fraction of sp³-hybridized carbons (Fsp3) is 0.393. The first-order valence-corrected chi connectivity index (χ1v) is 11.7. The van der Waals surface area contributed by atoms with Crippen LogP contribution in [0.15, 0.2) is 82.9 Å². The molecule has 5 bridgehead atoms. The molecule has 5 nitrogen and oxygen atoms in total. The molecule has 3 unspecified atom stereocenters. The molecule has 0 spiro atoms. The minimum Gasteiger partial charge on any atom is -0.507 e. The van der Waals surface area contributed by atoms with Gasteiger partial charge in [0.1, 0.15) is 11.3 Å². The van der Waals surface area contributed by atoms with Crippen molar-refractivity contribution < 1.29 is 15.0 Å². The van der Waals surface area contributed by atoms with Crippen molar-refractivity contribution in [1.29, 1.82) is 0 Å². The van der Waals surface area contributed by atoms with Gasteiger partial charge in [-0.3, -0.25) is 0 Å². The van der Waals surface area contributed by atoms with Gasteiger partial charge in [0.25, 0.3) is 0 Å². The maximum Gasteiger partial charge on any atom is 0.339 e. The van der Waals surface area contributed by atoms with Crippen molar-refractivity contribution in [3.8, 4) is 5.75 Å². The molecule has 0 aromatic heterocycles. The summed E-state index contributed by atoms with van der Waals surface area (Å²) in [5, 5.41) is 20.6. The topological polar surface area (TPSA) is 72.8 Å². The summed E-state index contributed by atoms with van der Waals surface area (Å²) in [4.78, 5) is 13.0. The van der Waals surface area contributed by atoms with Crippen LogP contribution in [-0.4, -0.2) is 33.7 Å². The normalized spacial score (nSPS) is 28.7. The van der Waals surface area contributed by atoms with Crippen molar-refractivity contribution in [2.24, 2.45) is 11.3 Å². The molecule has 0 amide bonds. The second-order valence-electron chi connectivity index (χ2n) is 9.75. The third-order valence-corrected chi connectivity index (χ3v) is 7.65. The van der Waals surface area contributed by atoms with E-state index in [4.69, 9.17) is 10.2 Å². The molecule has 33 heavy (non-hydrogen) atoms. The molecule has 2 aliphatic heterocycles. The van der Waals surface area contributed by atoms with E-state index in [1.165, 1.54) is 42.5 Å². The Balaban J connectivity index is 0.000000219. The number of carboxylic acids is 1. The van der Waals surface area contributed by atoms with Gasteiger partial charge in [0.15, 0.2) is 0 Å². The number of rotatable bonds is 3. The summed E-state index contributed by atoms with van der Waals surface area (Å²) in [7, 11) is 0. The van der Waals surface area contributed by atoms with Gasteiger partial charge in [-0.25, -0.2) is 4.79 Å². The lowest BCUT2D eigenvalue weighted by atomic mass is 9.65. The first-order valence-electron chi connectivity index (χ1n) is 11.7. The number of likely N-dealkylation sites (tertiary alicyclic amines) is 1. The Morgan fingerprint density at radius 1 is 1.24 bits per heavy atom. The molecule has 0 fully saturated rings. The van der Waals surface area contributed by atoms with Gasteiger partial charge in [0, 0.05) is 29.9 Å². The van der Waals surface area contributed by atoms with E-state index < -0.39 is 5.97 Å². The second-order valence-corrected chi connectivity index (χ2v) is 9.75. The van der Waals surface area contributed by atoms with Gasteiger partial charge in [-0.1, -0.05) is 49.3 Å². The highest BCUT2D eigenvalue weighted by Crippen LogP contribution is 2.57. The zero-order valence-electron chi connectivity index (χ0n) is 19.9. The molecule has 3 N–H and O–H groups in total. The fourth-order valence-corrected chi connectivity index (χ4v) is 5.65. The number of aromatic carboxylic acids is 1. The zero-order chi connectivity index (χ0) is 23.8. The highest BCUT2D eigenvalue weighted by molar-refractivity contribution is 5.90. The van der Waals surface area contributed by atoms with E-state index in [9.17, 15) is 4.79 Å². The Morgan fingerprint density at radius 2 is 2.00 bits per heavy atom. The number of phenols is 1. The predicted octanol–water partition coefficient (Wildman–Crippen LogP) is 5.75. The van der Waals surface area contributed by atoms with Crippen LogP contribution in [0.1, 0.15) is 57.3 Å². The first kappa shape index (κ1) is 23.0. The molecule has 1 aromatic carbocycles. The molecule has 4 aliphatic rings. The molecule has 2 aliphatic carbocycles. The largest absolute Gasteiger partial charge is 0.507 e. The van der Waals surface area contributed by atoms with E-state index in [1.807, 2.05) is 0 Å². The number of aromatic hydroxyl groups is 1. The standard InChI is InChI=1S/C21H28N2.C7H6O3/c1-14(2)8-12-23-19-6-5-18-16-7-10-22-11-9-21(18,4)15(3)20(23)13-17(16)19;8-6-4-2-1-3-5(6)7(9)10/h7-11,15,20,22H,5-6,12-13H2,1-4H3;1-4,8H,(H,9,10)/b10-7-,11-9-;. The Kier molecular flexibility index (Phi) is 6.24. The lowest BCUT2D eigenvalue weighted by Gasteiger charge is -2.46. The van der Waals surface area contributed by atoms with Crippen LogP contribution in [0.3, 0.4) is 0 Å². The summed E-state index contributed by atoms with van der Waals surface area (Å²) in [6.07, 6.45) is 15.0. The van der Waals surface area contributed by atoms with Gasteiger partial charge in [0.05, 0.1) is 0 Å². The maximum absolute atomic E-state index is 10.3. The maximum atomic E-state index is 10.3. The third kappa shape index (κ3) is 4.12. The summed E-state index contributed by atoms with van der Waals surface area (Å²) in [6.45, 7) is 10.4. The molecule has 2 heterocycles. The molecule has 1 aromatic rings. The van der Waals surface area contributed by atoms with E-state index in [2.05, 4.69) is 68.5 Å². The van der Waals surface area contributed by atoms with E-state index in [1.54, 1.807) is 29.0 Å². The lowest BCUT2D eigenvalue weighted by Crippen LogP contribution is -2.44. The number of nitrogens with zero attached hydrogens (tertiary/aromatic N) is 1. The summed E-state index contributed by atoms with van der Waals surface area (Å²) in [5.41, 5.74) is 7.96. The van der Waals surface area contributed by atoms with E-state index in [0.717, 1.165) is 6.54 Å². The Morgan fingerprint density at radius 3 is 2.67 bits per heavy atom. The van der Waals surface area contributed by atoms with Crippen LogP contribution in [0.25, 0.3) is 0 Å². The number of carboxylic acid groups (broad SMARTS) is 1. The molecule has 174 valence electrons. The minimum atomic E-state index is -1.11. The van der Waals surface area contributed by atoms with Gasteiger partial charge in [0.2, 0.25) is 0 Å². The number of para-hydroxylation sites is 1. The number of hydrogen-bond acceptors (Lipinski definition) is 4. The number of nitrogens with one attached hydrogen (secondary N) is 1. The van der Waals surface area contributed by atoms with Crippen LogP contribution < -0.4 is 5.32 Å². The average molecular weight is 447 g/mol. The van der Waals surface area contributed by atoms with Crippen molar-refractivity contribution in [1.82, 2.24) is 10.2 Å². The van der Waals surface area contributed by atoms with Gasteiger partial charge < -0.3 is 20.4 Å². The van der Waals surface area contributed by atoms with Gasteiger partial charge in [-0.2, -0.15) is 0 Å². The smallest absolute Gasteiger partial charge is 0.339 e. The summed E-state index contributed by atoms with van der Waals surface area (Å²) in [5.74, 6) is -0.689. The average Bonchev–Trinajstić information content (AvgIpc) is 3.11. The SMILES string of the molecule is CC(C)=CCN1C2=C3CC1C(C)C1(C)/C=C\N/C=C\C3=C1CC2.O=C(O)c1ccccc1O. The summed E-state index contributed by atoms with van der Waals surface area (Å²) >= 11 is 0. The molecular weight excluding hydrogens is 412 g/mol. The van der Waals surface area contributed by atoms with Crippen molar-refractivity contribution in [3.05, 3.63) is 88.4 Å². The molecule has 0 radical (unpaired) electrons. The Labute approximate surface area is 196 Å². The number of fused-ring (bicyclic) bond motifs is 1. The molecule has 0 saturated heterocycles. The molecule has 5 heteroatoms. The van der Waals surface area contributed by atoms with E-state index in [0.29, 0.717) is 12.0 Å². The van der Waals surface area contributed by atoms with Crippen molar-refractivity contribution in [2.45, 2.75) is 53.0 Å². The third-order valence-electron chi connectivity index (χ3n) is 7.65. The predicted molar refractivity (Wildman–Crippen MR) is 132 cm³/mol. The zero-order valence-corrected chi connectivity index (χ0v) is 19.9. The van der Waals surface area contributed by atoms with Crippen LogP contribution in [0.4, 0.5) is 0 Å². The summed E-state index contributed by atoms with van der Waals surface area (Å²) in [6, 6.07) is 6.44. The fourth-order valence-electron chi connectivity index (χ4n) is 5.65. The van der Waals surface area contributed by atoms with Crippen molar-refractivity contribution in [3.63, 3.8) is 0 Å². The van der Waals surface area contributed by atoms with Gasteiger partial charge in [-0.05, 0) is 74.6 Å². The quantitative estimate of drug-likeness (QED) is 0.516. The van der Waals surface area contributed by atoms with Gasteiger partial charge in [-0.15, -0.1) is 0 Å². The van der Waals surface area contributed by atoms with Crippen LogP contribution in [-0.2, 0) is 0 Å². The number of carbonyl (C=O) groups is 1. The lowest BCUT2D eigenvalue weighted by molar-refractivity contribution is 0.0693. The number of allylic oxidation sites excluding steroid dienone is 6. The summed E-state index contributed by atoms with van der Waals surface area (Å²) < 4.78 is 0. The van der Waals surface area contributed by atoms with Crippen molar-refractivity contribution >= 4 is 5.97 Å². The van der Waals surface area contributed by atoms with Crippen LogP contribution in [0.2, 0.25) is 0 Å². The minimum absolute atomic E-state index is 0.0671. The number of hydrogen-bond donors (Lipinski definition) is 3. The highest BCUT2D eigenvalue weighted by Gasteiger charge is 2.50. The van der Waals surface area contributed by atoms with Crippen LogP contribution in [0, 0.1) is 11.3 Å². The Hall–Kier alpha value is -3.21. The second kappa shape index (κ2) is 8.97. The van der Waals surface area contributed by atoms with E-state index >= 15 is 0 Å². The number of benzene rings is 1. The first-order chi connectivity index (χ1) is 15.7. The Bertz CT molecular complexity index is 1100. The van der Waals surface area contributed by atoms with Crippen molar-refractivity contribution in [2.75, 3.05) is 6.54 Å². The van der Waals surface area contributed by atoms with Gasteiger partial charge >= 0.3 is 5.97 Å². The molecule has 0 saturated carbocycles. The molecular formula is C28H34N2O3. The molecule has 3 atom stereocenters. The van der Waals surface area contributed by atoms with Crippen LogP contribution in [0.5, 0.6) is 5.75 Å². The van der Waals surface area contributed by atoms with Crippen LogP contribution >= 0.6 is 0 Å². The monoisotopic (exact) mass is 446 g/mol. The highest BCUT2D eigenvalue weighted by atomic mass is 16.4. The van der Waals surface area contributed by atoms with E-state index in [-0.39, 0.29) is 16.7 Å². The molecule has 5 rings (SSSR count).